The molecule has 1 heterocycles. The Bertz CT molecular complexity index is 466. The van der Waals surface area contributed by atoms with E-state index in [9.17, 15) is 4.79 Å². The molecule has 5 heteroatoms. The molecule has 1 aliphatic rings. The van der Waals surface area contributed by atoms with Crippen molar-refractivity contribution in [3.8, 4) is 0 Å². The van der Waals surface area contributed by atoms with Gasteiger partial charge in [-0.25, -0.2) is 0 Å². The number of carbonyl (C=O) groups excluding carboxylic acids is 1. The fourth-order valence-corrected chi connectivity index (χ4v) is 2.96. The van der Waals surface area contributed by atoms with Crippen LogP contribution in [0.5, 0.6) is 0 Å². The molecule has 122 valence electrons. The van der Waals surface area contributed by atoms with Crippen molar-refractivity contribution in [2.75, 3.05) is 26.8 Å². The number of benzene rings is 1. The summed E-state index contributed by atoms with van der Waals surface area (Å²) in [6.45, 7) is 5.37. The van der Waals surface area contributed by atoms with Crippen LogP contribution in [0.1, 0.15) is 18.9 Å². The highest BCUT2D eigenvalue weighted by atomic mass is 16.5. The van der Waals surface area contributed by atoms with Gasteiger partial charge in [0, 0.05) is 26.2 Å². The van der Waals surface area contributed by atoms with Crippen molar-refractivity contribution in [1.29, 1.82) is 0 Å². The molecule has 2 rings (SSSR count). The van der Waals surface area contributed by atoms with Crippen LogP contribution in [0.2, 0.25) is 0 Å². The van der Waals surface area contributed by atoms with Crippen molar-refractivity contribution in [2.24, 2.45) is 11.7 Å². The molecule has 3 atom stereocenters. The molecule has 1 saturated heterocycles. The zero-order valence-electron chi connectivity index (χ0n) is 13.5. The summed E-state index contributed by atoms with van der Waals surface area (Å²) in [5, 5.41) is 3.02. The number of nitrogens with one attached hydrogen (secondary N) is 1. The molecule has 3 N–H and O–H groups in total. The minimum absolute atomic E-state index is 0.129. The summed E-state index contributed by atoms with van der Waals surface area (Å²) < 4.78 is 4.92. The first kappa shape index (κ1) is 16.9. The average Bonchev–Trinajstić information content (AvgIpc) is 2.97. The summed E-state index contributed by atoms with van der Waals surface area (Å²) in [6.07, 6.45) is 1.10. The van der Waals surface area contributed by atoms with Crippen molar-refractivity contribution in [2.45, 2.75) is 32.0 Å². The number of likely N-dealkylation sites (tertiary alicyclic amines) is 1. The summed E-state index contributed by atoms with van der Waals surface area (Å²) >= 11 is 0. The van der Waals surface area contributed by atoms with Crippen LogP contribution >= 0.6 is 0 Å². The summed E-state index contributed by atoms with van der Waals surface area (Å²) in [6, 6.07) is 10.0. The Morgan fingerprint density at radius 3 is 2.86 bits per heavy atom. The van der Waals surface area contributed by atoms with Crippen LogP contribution < -0.4 is 11.1 Å². The molecule has 0 aromatic heterocycles. The maximum Gasteiger partial charge on any atom is 0.239 e. The molecular weight excluding hydrogens is 278 g/mol. The zero-order valence-corrected chi connectivity index (χ0v) is 13.5. The van der Waals surface area contributed by atoms with Crippen molar-refractivity contribution in [3.05, 3.63) is 35.9 Å². The number of nitrogens with zero attached hydrogens (tertiary/aromatic N) is 1. The van der Waals surface area contributed by atoms with Gasteiger partial charge in [0.25, 0.3) is 0 Å². The fraction of sp³-hybridized carbons (Fsp3) is 0.588. The van der Waals surface area contributed by atoms with Crippen molar-refractivity contribution >= 4 is 5.91 Å². The van der Waals surface area contributed by atoms with E-state index in [1.54, 1.807) is 7.11 Å². The van der Waals surface area contributed by atoms with E-state index in [0.29, 0.717) is 5.92 Å². The maximum atomic E-state index is 11.9. The number of hydrogen-bond donors (Lipinski definition) is 2. The monoisotopic (exact) mass is 305 g/mol. The number of nitrogens with two attached hydrogens (primary N) is 1. The molecule has 0 spiro atoms. The summed E-state index contributed by atoms with van der Waals surface area (Å²) in [7, 11) is 1.55. The van der Waals surface area contributed by atoms with E-state index in [2.05, 4.69) is 41.4 Å². The van der Waals surface area contributed by atoms with E-state index < -0.39 is 6.04 Å². The second-order valence-corrected chi connectivity index (χ2v) is 6.13. The summed E-state index contributed by atoms with van der Waals surface area (Å²) in [5.41, 5.74) is 7.09. The minimum atomic E-state index is -0.589. The third-order valence-corrected chi connectivity index (χ3v) is 4.32. The molecule has 1 aromatic rings. The predicted molar refractivity (Wildman–Crippen MR) is 87.3 cm³/mol. The minimum Gasteiger partial charge on any atom is -0.383 e. The number of carbonyl (C=O) groups is 1. The van der Waals surface area contributed by atoms with Crippen LogP contribution in [-0.2, 0) is 16.1 Å². The summed E-state index contributed by atoms with van der Waals surface area (Å²) in [5.74, 6) is 0.346. The number of amides is 1. The van der Waals surface area contributed by atoms with Crippen molar-refractivity contribution < 1.29 is 9.53 Å². The predicted octanol–water partition coefficient (Wildman–Crippen LogP) is 0.987. The molecule has 1 amide bonds. The molecule has 5 nitrogen and oxygen atoms in total. The third-order valence-electron chi connectivity index (χ3n) is 4.32. The number of rotatable bonds is 7. The van der Waals surface area contributed by atoms with E-state index in [1.165, 1.54) is 5.56 Å². The van der Waals surface area contributed by atoms with Gasteiger partial charge in [-0.3, -0.25) is 9.69 Å². The molecular formula is C17H27N3O2. The Hall–Kier alpha value is -1.43. The lowest BCUT2D eigenvalue weighted by atomic mass is 10.0. The van der Waals surface area contributed by atoms with Gasteiger partial charge in [-0.05, 0) is 31.4 Å². The Kier molecular flexibility index (Phi) is 6.36. The van der Waals surface area contributed by atoms with Crippen LogP contribution in [0.4, 0.5) is 0 Å². The van der Waals surface area contributed by atoms with E-state index in [-0.39, 0.29) is 18.6 Å². The Balaban J connectivity index is 1.78. The number of ether oxygens (including phenoxy) is 1. The zero-order chi connectivity index (χ0) is 15.9. The van der Waals surface area contributed by atoms with E-state index >= 15 is 0 Å². The first-order valence-electron chi connectivity index (χ1n) is 7.91. The Labute approximate surface area is 132 Å². The molecule has 0 aliphatic carbocycles. The van der Waals surface area contributed by atoms with Gasteiger partial charge in [-0.1, -0.05) is 30.3 Å². The highest BCUT2D eigenvalue weighted by molar-refractivity contribution is 5.81. The van der Waals surface area contributed by atoms with Gasteiger partial charge in [-0.15, -0.1) is 0 Å². The van der Waals surface area contributed by atoms with E-state index in [1.807, 2.05) is 6.07 Å². The van der Waals surface area contributed by atoms with Crippen LogP contribution in [0, 0.1) is 5.92 Å². The average molecular weight is 305 g/mol. The summed E-state index contributed by atoms with van der Waals surface area (Å²) in [4.78, 5) is 14.4. The van der Waals surface area contributed by atoms with Crippen LogP contribution in [0.15, 0.2) is 30.3 Å². The number of methoxy groups -OCH3 is 1. The van der Waals surface area contributed by atoms with Gasteiger partial charge in [0.05, 0.1) is 6.61 Å². The molecule has 1 fully saturated rings. The molecule has 1 aliphatic heterocycles. The highest BCUT2D eigenvalue weighted by Gasteiger charge is 2.28. The molecule has 0 radical (unpaired) electrons. The van der Waals surface area contributed by atoms with E-state index in [0.717, 1.165) is 26.1 Å². The lowest BCUT2D eigenvalue weighted by Gasteiger charge is -2.23. The third kappa shape index (κ3) is 4.80. The molecule has 22 heavy (non-hydrogen) atoms. The normalized spacial score (nSPS) is 21.5. The van der Waals surface area contributed by atoms with Gasteiger partial charge in [0.15, 0.2) is 0 Å². The first-order chi connectivity index (χ1) is 10.6. The van der Waals surface area contributed by atoms with E-state index in [4.69, 9.17) is 10.5 Å². The quantitative estimate of drug-likeness (QED) is 0.788. The second kappa shape index (κ2) is 8.27. The lowest BCUT2D eigenvalue weighted by Crippen LogP contribution is -2.49. The highest BCUT2D eigenvalue weighted by Crippen LogP contribution is 2.21. The second-order valence-electron chi connectivity index (χ2n) is 6.13. The van der Waals surface area contributed by atoms with Crippen LogP contribution in [-0.4, -0.2) is 49.7 Å². The van der Waals surface area contributed by atoms with Gasteiger partial charge in [0.2, 0.25) is 5.91 Å². The first-order valence-corrected chi connectivity index (χ1v) is 7.91. The Morgan fingerprint density at radius 2 is 2.18 bits per heavy atom. The largest absolute Gasteiger partial charge is 0.383 e. The van der Waals surface area contributed by atoms with Gasteiger partial charge >= 0.3 is 0 Å². The van der Waals surface area contributed by atoms with Gasteiger partial charge in [0.1, 0.15) is 6.04 Å². The number of hydrogen-bond acceptors (Lipinski definition) is 4. The van der Waals surface area contributed by atoms with Gasteiger partial charge in [-0.2, -0.15) is 0 Å². The molecule has 3 unspecified atom stereocenters. The smallest absolute Gasteiger partial charge is 0.239 e. The molecule has 0 bridgehead atoms. The molecule has 1 aromatic carbocycles. The maximum absolute atomic E-state index is 11.9. The Morgan fingerprint density at radius 1 is 1.45 bits per heavy atom. The SMILES string of the molecule is COCC(N)C(=O)NC(C)C1CCN(Cc2ccccc2)C1. The van der Waals surface area contributed by atoms with Crippen LogP contribution in [0.25, 0.3) is 0 Å². The fourth-order valence-electron chi connectivity index (χ4n) is 2.96. The van der Waals surface area contributed by atoms with Crippen molar-refractivity contribution in [1.82, 2.24) is 10.2 Å². The van der Waals surface area contributed by atoms with Crippen molar-refractivity contribution in [3.63, 3.8) is 0 Å². The van der Waals surface area contributed by atoms with Gasteiger partial charge < -0.3 is 15.8 Å². The standard InChI is InChI=1S/C17H27N3O2/c1-13(19-17(21)16(18)12-22-2)15-8-9-20(11-15)10-14-6-4-3-5-7-14/h3-7,13,15-16H,8-12,18H2,1-2H3,(H,19,21). The topological polar surface area (TPSA) is 67.6 Å². The molecule has 0 saturated carbocycles. The van der Waals surface area contributed by atoms with Crippen LogP contribution in [0.3, 0.4) is 0 Å². The lowest BCUT2D eigenvalue weighted by molar-refractivity contribution is -0.124.